The Morgan fingerprint density at radius 2 is 1.95 bits per heavy atom. The van der Waals surface area contributed by atoms with Crippen molar-refractivity contribution in [3.8, 4) is 0 Å². The third-order valence-corrected chi connectivity index (χ3v) is 2.88. The van der Waals surface area contributed by atoms with Crippen LogP contribution >= 0.6 is 0 Å². The number of nitrogens with one attached hydrogen (secondary N) is 2. The smallest absolute Gasteiger partial charge is 0.223 e. The third-order valence-electron chi connectivity index (χ3n) is 2.88. The minimum atomic E-state index is 0.239. The highest BCUT2D eigenvalue weighted by Gasteiger charge is 2.05. The molecule has 2 aromatic rings. The van der Waals surface area contributed by atoms with Gasteiger partial charge in [-0.05, 0) is 12.5 Å². The quantitative estimate of drug-likeness (QED) is 0.726. The van der Waals surface area contributed by atoms with Crippen molar-refractivity contribution in [2.24, 2.45) is 0 Å². The number of anilines is 4. The fourth-order valence-corrected chi connectivity index (χ4v) is 1.94. The summed E-state index contributed by atoms with van der Waals surface area (Å²) < 4.78 is 5.20. The van der Waals surface area contributed by atoms with Crippen molar-refractivity contribution in [1.82, 2.24) is 9.97 Å². The van der Waals surface area contributed by atoms with Crippen molar-refractivity contribution >= 4 is 23.3 Å². The van der Waals surface area contributed by atoms with E-state index in [0.717, 1.165) is 30.0 Å². The molecule has 1 aromatic carbocycles. The average molecular weight is 287 g/mol. The number of benzene rings is 1. The van der Waals surface area contributed by atoms with Crippen LogP contribution in [0.1, 0.15) is 18.9 Å². The van der Waals surface area contributed by atoms with E-state index in [1.54, 1.807) is 7.11 Å². The molecule has 0 unspecified atom stereocenters. The Labute approximate surface area is 124 Å². The molecular weight excluding hydrogens is 266 g/mol. The first kappa shape index (κ1) is 15.1. The van der Waals surface area contributed by atoms with Gasteiger partial charge in [0.15, 0.2) is 0 Å². The molecule has 0 aliphatic rings. The number of nitrogen functional groups attached to an aromatic ring is 1. The highest BCUT2D eigenvalue weighted by atomic mass is 16.5. The summed E-state index contributed by atoms with van der Waals surface area (Å²) in [6.45, 7) is 3.47. The normalized spacial score (nSPS) is 10.4. The van der Waals surface area contributed by atoms with Gasteiger partial charge < -0.3 is 21.1 Å². The lowest BCUT2D eigenvalue weighted by Gasteiger charge is -2.12. The molecule has 0 saturated carbocycles. The number of nitrogens with two attached hydrogens (primary N) is 1. The molecule has 21 heavy (non-hydrogen) atoms. The number of hydrogen-bond acceptors (Lipinski definition) is 6. The molecular formula is C15H21N5O. The van der Waals surface area contributed by atoms with Crippen molar-refractivity contribution in [2.45, 2.75) is 20.0 Å². The van der Waals surface area contributed by atoms with Crippen LogP contribution in [0.4, 0.5) is 23.3 Å². The lowest BCUT2D eigenvalue weighted by molar-refractivity contribution is 0.185. The summed E-state index contributed by atoms with van der Waals surface area (Å²) in [7, 11) is 1.67. The predicted octanol–water partition coefficient (Wildman–Crippen LogP) is 2.77. The van der Waals surface area contributed by atoms with Crippen molar-refractivity contribution < 1.29 is 4.74 Å². The summed E-state index contributed by atoms with van der Waals surface area (Å²) in [6.07, 6.45) is 1.02. The number of para-hydroxylation sites is 1. The van der Waals surface area contributed by atoms with Crippen LogP contribution in [0.25, 0.3) is 0 Å². The number of ether oxygens (including phenoxy) is 1. The van der Waals surface area contributed by atoms with Crippen LogP contribution in [-0.4, -0.2) is 23.6 Å². The van der Waals surface area contributed by atoms with Gasteiger partial charge in [-0.3, -0.25) is 0 Å². The van der Waals surface area contributed by atoms with Gasteiger partial charge in [0, 0.05) is 31.0 Å². The zero-order valence-electron chi connectivity index (χ0n) is 12.4. The maximum atomic E-state index is 5.75. The van der Waals surface area contributed by atoms with Crippen LogP contribution in [0.5, 0.6) is 0 Å². The summed E-state index contributed by atoms with van der Waals surface area (Å²) in [6, 6.07) is 9.76. The first-order valence-electron chi connectivity index (χ1n) is 6.95. The van der Waals surface area contributed by atoms with E-state index in [4.69, 9.17) is 10.5 Å². The van der Waals surface area contributed by atoms with E-state index in [2.05, 4.69) is 27.5 Å². The van der Waals surface area contributed by atoms with E-state index in [1.165, 1.54) is 0 Å². The number of methoxy groups -OCH3 is 1. The van der Waals surface area contributed by atoms with E-state index in [1.807, 2.05) is 30.3 Å². The lowest BCUT2D eigenvalue weighted by atomic mass is 10.2. The number of rotatable bonds is 7. The second-order valence-electron chi connectivity index (χ2n) is 4.64. The Morgan fingerprint density at radius 3 is 2.71 bits per heavy atom. The molecule has 0 radical (unpaired) electrons. The Balaban J connectivity index is 2.21. The number of nitrogens with zero attached hydrogens (tertiary/aromatic N) is 2. The molecule has 1 aromatic heterocycles. The predicted molar refractivity (Wildman–Crippen MR) is 85.7 cm³/mol. The Hall–Kier alpha value is -2.34. The van der Waals surface area contributed by atoms with E-state index >= 15 is 0 Å². The Bertz CT molecular complexity index is 588. The van der Waals surface area contributed by atoms with Crippen LogP contribution in [0.2, 0.25) is 0 Å². The minimum absolute atomic E-state index is 0.239. The molecule has 0 fully saturated rings. The molecule has 0 atom stereocenters. The summed E-state index contributed by atoms with van der Waals surface area (Å²) in [5, 5.41) is 6.47. The molecule has 4 N–H and O–H groups in total. The first-order chi connectivity index (χ1) is 10.2. The Kier molecular flexibility index (Phi) is 5.34. The van der Waals surface area contributed by atoms with Gasteiger partial charge in [0.25, 0.3) is 0 Å². The van der Waals surface area contributed by atoms with Gasteiger partial charge in [0.2, 0.25) is 5.95 Å². The standard InChI is InChI=1S/C15H21N5O/c1-3-8-17-13-9-14(20-15(16)19-13)18-12-7-5-4-6-11(12)10-21-2/h4-7,9H,3,8,10H2,1-2H3,(H4,16,17,18,19,20). The van der Waals surface area contributed by atoms with Gasteiger partial charge in [0.05, 0.1) is 6.61 Å². The molecule has 0 saturated heterocycles. The fourth-order valence-electron chi connectivity index (χ4n) is 1.94. The SMILES string of the molecule is CCCNc1cc(Nc2ccccc2COC)nc(N)n1. The topological polar surface area (TPSA) is 85.1 Å². The second-order valence-corrected chi connectivity index (χ2v) is 4.64. The third kappa shape index (κ3) is 4.32. The van der Waals surface area contributed by atoms with Crippen molar-refractivity contribution in [2.75, 3.05) is 30.0 Å². The summed E-state index contributed by atoms with van der Waals surface area (Å²) in [5.41, 5.74) is 7.75. The number of hydrogen-bond donors (Lipinski definition) is 3. The molecule has 0 amide bonds. The molecule has 6 heteroatoms. The first-order valence-corrected chi connectivity index (χ1v) is 6.95. The lowest BCUT2D eigenvalue weighted by Crippen LogP contribution is -2.07. The van der Waals surface area contributed by atoms with Crippen LogP contribution < -0.4 is 16.4 Å². The maximum Gasteiger partial charge on any atom is 0.223 e. The summed E-state index contributed by atoms with van der Waals surface area (Å²) in [5.74, 6) is 1.61. The number of aromatic nitrogens is 2. The van der Waals surface area contributed by atoms with E-state index in [0.29, 0.717) is 12.4 Å². The van der Waals surface area contributed by atoms with Gasteiger partial charge in [-0.15, -0.1) is 0 Å². The molecule has 0 aliphatic heterocycles. The van der Waals surface area contributed by atoms with Gasteiger partial charge in [0.1, 0.15) is 11.6 Å². The van der Waals surface area contributed by atoms with Gasteiger partial charge >= 0.3 is 0 Å². The van der Waals surface area contributed by atoms with E-state index in [-0.39, 0.29) is 5.95 Å². The van der Waals surface area contributed by atoms with Gasteiger partial charge in [-0.2, -0.15) is 9.97 Å². The molecule has 2 rings (SSSR count). The fraction of sp³-hybridized carbons (Fsp3) is 0.333. The highest BCUT2D eigenvalue weighted by Crippen LogP contribution is 2.22. The van der Waals surface area contributed by atoms with E-state index in [9.17, 15) is 0 Å². The average Bonchev–Trinajstić information content (AvgIpc) is 2.47. The molecule has 1 heterocycles. The van der Waals surface area contributed by atoms with Gasteiger partial charge in [-0.1, -0.05) is 25.1 Å². The largest absolute Gasteiger partial charge is 0.380 e. The molecule has 0 spiro atoms. The maximum absolute atomic E-state index is 5.75. The molecule has 112 valence electrons. The highest BCUT2D eigenvalue weighted by molar-refractivity contribution is 5.63. The monoisotopic (exact) mass is 287 g/mol. The molecule has 0 aliphatic carbocycles. The zero-order valence-corrected chi connectivity index (χ0v) is 12.4. The molecule has 0 bridgehead atoms. The van der Waals surface area contributed by atoms with Crippen LogP contribution in [0.15, 0.2) is 30.3 Å². The van der Waals surface area contributed by atoms with Crippen molar-refractivity contribution in [3.63, 3.8) is 0 Å². The van der Waals surface area contributed by atoms with Crippen LogP contribution in [0.3, 0.4) is 0 Å². The van der Waals surface area contributed by atoms with Crippen LogP contribution in [-0.2, 0) is 11.3 Å². The molecule has 6 nitrogen and oxygen atoms in total. The zero-order chi connectivity index (χ0) is 15.1. The second kappa shape index (κ2) is 7.44. The minimum Gasteiger partial charge on any atom is -0.380 e. The Morgan fingerprint density at radius 1 is 1.19 bits per heavy atom. The van der Waals surface area contributed by atoms with Crippen molar-refractivity contribution in [3.05, 3.63) is 35.9 Å². The van der Waals surface area contributed by atoms with Crippen LogP contribution in [0, 0.1) is 0 Å². The summed E-state index contributed by atoms with van der Waals surface area (Å²) >= 11 is 0. The summed E-state index contributed by atoms with van der Waals surface area (Å²) in [4.78, 5) is 8.38. The van der Waals surface area contributed by atoms with Crippen molar-refractivity contribution in [1.29, 1.82) is 0 Å². The van der Waals surface area contributed by atoms with E-state index < -0.39 is 0 Å². The van der Waals surface area contributed by atoms with Gasteiger partial charge in [-0.25, -0.2) is 0 Å².